The van der Waals surface area contributed by atoms with Crippen molar-refractivity contribution in [2.24, 2.45) is 5.92 Å². The molecule has 0 aromatic heterocycles. The first kappa shape index (κ1) is 14.8. The number of rotatable bonds is 4. The number of hydrogen-bond acceptors (Lipinski definition) is 3. The molecule has 2 saturated heterocycles. The van der Waals surface area contributed by atoms with Crippen molar-refractivity contribution in [3.63, 3.8) is 0 Å². The van der Waals surface area contributed by atoms with Crippen LogP contribution in [0.2, 0.25) is 0 Å². The zero-order valence-electron chi connectivity index (χ0n) is 13.5. The molecule has 0 aromatic carbocycles. The third-order valence-electron chi connectivity index (χ3n) is 6.08. The van der Waals surface area contributed by atoms with Gasteiger partial charge in [-0.1, -0.05) is 26.7 Å². The molecule has 2 unspecified atom stereocenters. The van der Waals surface area contributed by atoms with E-state index in [9.17, 15) is 0 Å². The maximum absolute atomic E-state index is 3.92. The van der Waals surface area contributed by atoms with Crippen LogP contribution in [0.1, 0.15) is 52.4 Å². The fourth-order valence-corrected chi connectivity index (χ4v) is 4.72. The highest BCUT2D eigenvalue weighted by Gasteiger charge is 2.41. The molecule has 2 heterocycles. The molecule has 1 saturated carbocycles. The molecule has 3 aliphatic rings. The van der Waals surface area contributed by atoms with E-state index in [1.54, 1.807) is 0 Å². The van der Waals surface area contributed by atoms with Gasteiger partial charge < -0.3 is 10.2 Å². The SMILES string of the molecule is CCC1CNC2(CCCC2)CN1CC1CCN(CC)C1. The summed E-state index contributed by atoms with van der Waals surface area (Å²) in [6.07, 6.45) is 8.40. The molecule has 3 heteroatoms. The lowest BCUT2D eigenvalue weighted by Gasteiger charge is -2.47. The van der Waals surface area contributed by atoms with Gasteiger partial charge in [0.15, 0.2) is 0 Å². The predicted octanol–water partition coefficient (Wildman–Crippen LogP) is 2.32. The predicted molar refractivity (Wildman–Crippen MR) is 85.1 cm³/mol. The number of likely N-dealkylation sites (tertiary alicyclic amines) is 1. The monoisotopic (exact) mass is 279 g/mol. The Balaban J connectivity index is 1.59. The fraction of sp³-hybridized carbons (Fsp3) is 1.00. The molecule has 0 amide bonds. The van der Waals surface area contributed by atoms with Gasteiger partial charge in [-0.25, -0.2) is 0 Å². The maximum Gasteiger partial charge on any atom is 0.0309 e. The van der Waals surface area contributed by atoms with Crippen LogP contribution in [-0.4, -0.2) is 60.6 Å². The minimum absolute atomic E-state index is 0.481. The van der Waals surface area contributed by atoms with Crippen molar-refractivity contribution in [2.75, 3.05) is 39.3 Å². The van der Waals surface area contributed by atoms with E-state index >= 15 is 0 Å². The van der Waals surface area contributed by atoms with Gasteiger partial charge in [0.25, 0.3) is 0 Å². The van der Waals surface area contributed by atoms with E-state index in [0.717, 1.165) is 12.0 Å². The van der Waals surface area contributed by atoms with Gasteiger partial charge >= 0.3 is 0 Å². The second-order valence-corrected chi connectivity index (χ2v) is 7.41. The average molecular weight is 279 g/mol. The van der Waals surface area contributed by atoms with E-state index in [-0.39, 0.29) is 0 Å². The number of nitrogens with zero attached hydrogens (tertiary/aromatic N) is 2. The molecule has 0 bridgehead atoms. The fourth-order valence-electron chi connectivity index (χ4n) is 4.72. The minimum atomic E-state index is 0.481. The van der Waals surface area contributed by atoms with Crippen molar-refractivity contribution in [3.8, 4) is 0 Å². The molecule has 3 fully saturated rings. The highest BCUT2D eigenvalue weighted by Crippen LogP contribution is 2.34. The summed E-state index contributed by atoms with van der Waals surface area (Å²) < 4.78 is 0. The highest BCUT2D eigenvalue weighted by atomic mass is 15.3. The van der Waals surface area contributed by atoms with Crippen LogP contribution in [0, 0.1) is 5.92 Å². The smallest absolute Gasteiger partial charge is 0.0309 e. The third kappa shape index (κ3) is 3.05. The summed E-state index contributed by atoms with van der Waals surface area (Å²) in [6.45, 7) is 12.4. The number of hydrogen-bond donors (Lipinski definition) is 1. The molecular formula is C17H33N3. The molecule has 3 nitrogen and oxygen atoms in total. The van der Waals surface area contributed by atoms with Gasteiger partial charge in [0.1, 0.15) is 0 Å². The van der Waals surface area contributed by atoms with Crippen LogP contribution in [-0.2, 0) is 0 Å². The summed E-state index contributed by atoms with van der Waals surface area (Å²) in [6, 6.07) is 0.775. The van der Waals surface area contributed by atoms with E-state index in [0.29, 0.717) is 5.54 Å². The molecule has 1 spiro atoms. The zero-order chi connectivity index (χ0) is 14.0. The number of piperazine rings is 1. The molecular weight excluding hydrogens is 246 g/mol. The van der Waals surface area contributed by atoms with Crippen LogP contribution >= 0.6 is 0 Å². The molecule has 2 aliphatic heterocycles. The lowest BCUT2D eigenvalue weighted by Crippen LogP contribution is -2.63. The molecule has 3 rings (SSSR count). The van der Waals surface area contributed by atoms with Gasteiger partial charge in [0.05, 0.1) is 0 Å². The Morgan fingerprint density at radius 1 is 1.20 bits per heavy atom. The Bertz CT molecular complexity index is 311. The second kappa shape index (κ2) is 6.33. The summed E-state index contributed by atoms with van der Waals surface area (Å²) in [4.78, 5) is 5.48. The van der Waals surface area contributed by atoms with Crippen molar-refractivity contribution in [1.82, 2.24) is 15.1 Å². The summed E-state index contributed by atoms with van der Waals surface area (Å²) in [5, 5.41) is 3.92. The molecule has 1 N–H and O–H groups in total. The first-order chi connectivity index (χ1) is 9.74. The van der Waals surface area contributed by atoms with Crippen LogP contribution in [0.3, 0.4) is 0 Å². The molecule has 1 aliphatic carbocycles. The van der Waals surface area contributed by atoms with Crippen LogP contribution in [0.4, 0.5) is 0 Å². The van der Waals surface area contributed by atoms with Gasteiger partial charge in [-0.2, -0.15) is 0 Å². The van der Waals surface area contributed by atoms with E-state index in [1.165, 1.54) is 77.8 Å². The van der Waals surface area contributed by atoms with Gasteiger partial charge in [-0.15, -0.1) is 0 Å². The van der Waals surface area contributed by atoms with Gasteiger partial charge in [-0.3, -0.25) is 4.90 Å². The topological polar surface area (TPSA) is 18.5 Å². The lowest BCUT2D eigenvalue weighted by molar-refractivity contribution is 0.0649. The van der Waals surface area contributed by atoms with Crippen molar-refractivity contribution in [2.45, 2.75) is 64.0 Å². The Labute approximate surface area is 125 Å². The standard InChI is InChI=1S/C17H33N3/c1-3-16-11-18-17(8-5-6-9-17)14-20(16)13-15-7-10-19(4-2)12-15/h15-16,18H,3-14H2,1-2H3. The van der Waals surface area contributed by atoms with Crippen LogP contribution in [0.25, 0.3) is 0 Å². The van der Waals surface area contributed by atoms with Crippen LogP contribution in [0.15, 0.2) is 0 Å². The highest BCUT2D eigenvalue weighted by molar-refractivity contribution is 5.01. The maximum atomic E-state index is 3.92. The zero-order valence-corrected chi connectivity index (χ0v) is 13.5. The van der Waals surface area contributed by atoms with E-state index in [2.05, 4.69) is 29.0 Å². The van der Waals surface area contributed by atoms with E-state index in [4.69, 9.17) is 0 Å². The lowest BCUT2D eigenvalue weighted by atomic mass is 9.90. The van der Waals surface area contributed by atoms with Gasteiger partial charge in [0.2, 0.25) is 0 Å². The van der Waals surface area contributed by atoms with Crippen molar-refractivity contribution in [3.05, 3.63) is 0 Å². The van der Waals surface area contributed by atoms with Crippen molar-refractivity contribution >= 4 is 0 Å². The second-order valence-electron chi connectivity index (χ2n) is 7.41. The summed E-state index contributed by atoms with van der Waals surface area (Å²) in [5.74, 6) is 0.917. The van der Waals surface area contributed by atoms with Crippen molar-refractivity contribution in [1.29, 1.82) is 0 Å². The van der Waals surface area contributed by atoms with Crippen LogP contribution < -0.4 is 5.32 Å². The molecule has 0 radical (unpaired) electrons. The minimum Gasteiger partial charge on any atom is -0.308 e. The molecule has 116 valence electrons. The molecule has 20 heavy (non-hydrogen) atoms. The van der Waals surface area contributed by atoms with Gasteiger partial charge in [-0.05, 0) is 44.7 Å². The molecule has 2 atom stereocenters. The van der Waals surface area contributed by atoms with Crippen LogP contribution in [0.5, 0.6) is 0 Å². The normalized spacial score (nSPS) is 35.1. The quantitative estimate of drug-likeness (QED) is 0.852. The summed E-state index contributed by atoms with van der Waals surface area (Å²) >= 11 is 0. The van der Waals surface area contributed by atoms with E-state index < -0.39 is 0 Å². The van der Waals surface area contributed by atoms with Crippen molar-refractivity contribution < 1.29 is 0 Å². The Hall–Kier alpha value is -0.120. The largest absolute Gasteiger partial charge is 0.308 e. The summed E-state index contributed by atoms with van der Waals surface area (Å²) in [7, 11) is 0. The Kier molecular flexibility index (Phi) is 4.68. The first-order valence-corrected chi connectivity index (χ1v) is 8.96. The molecule has 0 aromatic rings. The first-order valence-electron chi connectivity index (χ1n) is 8.96. The Morgan fingerprint density at radius 3 is 2.65 bits per heavy atom. The number of nitrogens with one attached hydrogen (secondary N) is 1. The van der Waals surface area contributed by atoms with E-state index in [1.807, 2.05) is 0 Å². The Morgan fingerprint density at radius 2 is 2.00 bits per heavy atom. The summed E-state index contributed by atoms with van der Waals surface area (Å²) in [5.41, 5.74) is 0.481. The average Bonchev–Trinajstić information content (AvgIpc) is 3.09. The van der Waals surface area contributed by atoms with Gasteiger partial charge in [0, 0.05) is 37.8 Å². The third-order valence-corrected chi connectivity index (χ3v) is 6.08.